The number of carbonyl (C=O) groups excluding carboxylic acids is 2. The van der Waals surface area contributed by atoms with E-state index in [1.54, 1.807) is 17.0 Å². The van der Waals surface area contributed by atoms with Gasteiger partial charge in [0.05, 0.1) is 11.1 Å². The third-order valence-electron chi connectivity index (χ3n) is 4.77. The van der Waals surface area contributed by atoms with Gasteiger partial charge in [-0.1, -0.05) is 6.07 Å². The Morgan fingerprint density at radius 2 is 1.50 bits per heavy atom. The highest BCUT2D eigenvalue weighted by Gasteiger charge is 2.37. The molecule has 160 valence electrons. The zero-order valence-electron chi connectivity index (χ0n) is 15.6. The van der Waals surface area contributed by atoms with Gasteiger partial charge in [-0.3, -0.25) is 9.59 Å². The molecule has 0 unspecified atom stereocenters. The number of halogens is 6. The fourth-order valence-corrected chi connectivity index (χ4v) is 3.19. The maximum Gasteiger partial charge on any atom is 0.416 e. The average Bonchev–Trinajstić information content (AvgIpc) is 2.65. The van der Waals surface area contributed by atoms with Crippen LogP contribution >= 0.6 is 0 Å². The van der Waals surface area contributed by atoms with E-state index in [4.69, 9.17) is 0 Å². The summed E-state index contributed by atoms with van der Waals surface area (Å²) in [6.45, 7) is 2.26. The molecular formula is C20H16F6N2O2. The molecule has 30 heavy (non-hydrogen) atoms. The van der Waals surface area contributed by atoms with Gasteiger partial charge >= 0.3 is 12.4 Å². The van der Waals surface area contributed by atoms with Gasteiger partial charge in [-0.05, 0) is 47.9 Å². The van der Waals surface area contributed by atoms with Crippen LogP contribution in [0.4, 0.5) is 32.0 Å². The van der Waals surface area contributed by atoms with E-state index >= 15 is 0 Å². The van der Waals surface area contributed by atoms with Gasteiger partial charge in [0.25, 0.3) is 5.91 Å². The van der Waals surface area contributed by atoms with Crippen LogP contribution in [0.25, 0.3) is 0 Å². The largest absolute Gasteiger partial charge is 0.416 e. The van der Waals surface area contributed by atoms with Crippen LogP contribution in [0.1, 0.15) is 39.5 Å². The van der Waals surface area contributed by atoms with Crippen LogP contribution in [0.3, 0.4) is 0 Å². The Bertz CT molecular complexity index is 966. The lowest BCUT2D eigenvalue weighted by atomic mass is 9.99. The van der Waals surface area contributed by atoms with Crippen molar-refractivity contribution in [3.63, 3.8) is 0 Å². The Kier molecular flexibility index (Phi) is 5.53. The molecular weight excluding hydrogens is 414 g/mol. The van der Waals surface area contributed by atoms with Crippen molar-refractivity contribution in [3.8, 4) is 0 Å². The maximum atomic E-state index is 13.0. The third kappa shape index (κ3) is 4.74. The molecule has 1 heterocycles. The van der Waals surface area contributed by atoms with Gasteiger partial charge in [0, 0.05) is 31.3 Å². The normalized spacial score (nSPS) is 14.3. The second kappa shape index (κ2) is 7.66. The quantitative estimate of drug-likeness (QED) is 0.691. The first-order chi connectivity index (χ1) is 13.8. The Balaban J connectivity index is 1.89. The van der Waals surface area contributed by atoms with Crippen LogP contribution in [0.5, 0.6) is 0 Å². The van der Waals surface area contributed by atoms with Crippen LogP contribution in [0.15, 0.2) is 36.4 Å². The van der Waals surface area contributed by atoms with E-state index in [-0.39, 0.29) is 17.7 Å². The molecule has 0 radical (unpaired) electrons. The van der Waals surface area contributed by atoms with Crippen molar-refractivity contribution in [1.82, 2.24) is 4.90 Å². The van der Waals surface area contributed by atoms with Gasteiger partial charge in [-0.25, -0.2) is 0 Å². The summed E-state index contributed by atoms with van der Waals surface area (Å²) < 4.78 is 77.9. The van der Waals surface area contributed by atoms with Gasteiger partial charge in [0.15, 0.2) is 0 Å². The molecule has 1 aliphatic rings. The number of carbonyl (C=O) groups is 2. The molecule has 1 aliphatic heterocycles. The van der Waals surface area contributed by atoms with Crippen LogP contribution < -0.4 is 5.32 Å². The van der Waals surface area contributed by atoms with Crippen LogP contribution in [0, 0.1) is 0 Å². The topological polar surface area (TPSA) is 49.4 Å². The number of alkyl halides is 6. The molecule has 2 aromatic carbocycles. The molecule has 0 spiro atoms. The highest BCUT2D eigenvalue weighted by molar-refractivity contribution is 6.04. The molecule has 0 atom stereocenters. The number of nitrogens with zero attached hydrogens (tertiary/aromatic N) is 1. The van der Waals surface area contributed by atoms with E-state index in [1.807, 2.05) is 0 Å². The molecule has 1 N–H and O–H groups in total. The Labute approximate surface area is 167 Å². The molecule has 2 aromatic rings. The Morgan fingerprint density at radius 3 is 2.03 bits per heavy atom. The summed E-state index contributed by atoms with van der Waals surface area (Å²) in [6.07, 6.45) is -9.48. The lowest BCUT2D eigenvalue weighted by molar-refractivity contribution is -0.143. The van der Waals surface area contributed by atoms with Crippen LogP contribution in [-0.2, 0) is 30.1 Å². The van der Waals surface area contributed by atoms with Crippen molar-refractivity contribution in [2.75, 3.05) is 11.9 Å². The monoisotopic (exact) mass is 430 g/mol. The second-order valence-corrected chi connectivity index (χ2v) is 6.92. The Morgan fingerprint density at radius 1 is 0.900 bits per heavy atom. The predicted octanol–water partition coefficient (Wildman–Crippen LogP) is 4.88. The van der Waals surface area contributed by atoms with Crippen molar-refractivity contribution < 1.29 is 35.9 Å². The first kappa shape index (κ1) is 21.7. The SMILES string of the molecule is CC(=O)N1CCc2ccc(NC(=O)c3cc(C(F)(F)F)cc(C(F)(F)F)c3)cc2C1. The van der Waals surface area contributed by atoms with Crippen molar-refractivity contribution in [3.05, 3.63) is 64.2 Å². The molecule has 0 fully saturated rings. The zero-order chi connectivity index (χ0) is 22.3. The van der Waals surface area contributed by atoms with Crippen molar-refractivity contribution in [2.24, 2.45) is 0 Å². The van der Waals surface area contributed by atoms with E-state index in [2.05, 4.69) is 5.32 Å². The third-order valence-corrected chi connectivity index (χ3v) is 4.77. The molecule has 0 bridgehead atoms. The number of fused-ring (bicyclic) bond motifs is 1. The number of amides is 2. The number of benzene rings is 2. The summed E-state index contributed by atoms with van der Waals surface area (Å²) >= 11 is 0. The molecule has 0 aromatic heterocycles. The summed E-state index contributed by atoms with van der Waals surface area (Å²) in [4.78, 5) is 25.6. The minimum atomic E-state index is -5.04. The van der Waals surface area contributed by atoms with E-state index in [9.17, 15) is 35.9 Å². The fourth-order valence-electron chi connectivity index (χ4n) is 3.19. The second-order valence-electron chi connectivity index (χ2n) is 6.92. The molecule has 3 rings (SSSR count). The summed E-state index contributed by atoms with van der Waals surface area (Å²) in [6, 6.07) is 5.49. The zero-order valence-corrected chi connectivity index (χ0v) is 15.6. The van der Waals surface area contributed by atoms with Gasteiger partial charge in [0.2, 0.25) is 5.91 Å². The number of nitrogens with one attached hydrogen (secondary N) is 1. The van der Waals surface area contributed by atoms with Gasteiger partial charge in [-0.2, -0.15) is 26.3 Å². The van der Waals surface area contributed by atoms with E-state index < -0.39 is 35.0 Å². The lowest BCUT2D eigenvalue weighted by Crippen LogP contribution is -2.34. The van der Waals surface area contributed by atoms with Gasteiger partial charge in [-0.15, -0.1) is 0 Å². The summed E-state index contributed by atoms with van der Waals surface area (Å²) in [7, 11) is 0. The fraction of sp³-hybridized carbons (Fsp3) is 0.300. The number of hydrogen-bond donors (Lipinski definition) is 1. The smallest absolute Gasteiger partial charge is 0.338 e. The standard InChI is InChI=1S/C20H16F6N2O2/c1-11(29)28-5-4-12-2-3-17(8-14(12)10-28)27-18(30)13-6-15(19(21,22)23)9-16(7-13)20(24,25)26/h2-3,6-9H,4-5,10H2,1H3,(H,27,30). The van der Waals surface area contributed by atoms with E-state index in [0.29, 0.717) is 31.6 Å². The van der Waals surface area contributed by atoms with Crippen LogP contribution in [0.2, 0.25) is 0 Å². The number of hydrogen-bond acceptors (Lipinski definition) is 2. The minimum absolute atomic E-state index is 0.0357. The van der Waals surface area contributed by atoms with E-state index in [1.165, 1.54) is 13.0 Å². The van der Waals surface area contributed by atoms with Gasteiger partial charge < -0.3 is 10.2 Å². The van der Waals surface area contributed by atoms with Crippen molar-refractivity contribution >= 4 is 17.5 Å². The number of anilines is 1. The molecule has 0 saturated carbocycles. The summed E-state index contributed by atoms with van der Waals surface area (Å²) in [5.41, 5.74) is -2.00. The Hall–Kier alpha value is -3.04. The molecule has 2 amide bonds. The predicted molar refractivity (Wildman–Crippen MR) is 95.6 cm³/mol. The number of rotatable bonds is 2. The molecule has 0 aliphatic carbocycles. The van der Waals surface area contributed by atoms with E-state index in [0.717, 1.165) is 11.1 Å². The highest BCUT2D eigenvalue weighted by Crippen LogP contribution is 2.36. The van der Waals surface area contributed by atoms with Crippen LogP contribution in [-0.4, -0.2) is 23.3 Å². The molecule has 10 heteroatoms. The lowest BCUT2D eigenvalue weighted by Gasteiger charge is -2.28. The summed E-state index contributed by atoms with van der Waals surface area (Å²) in [5.74, 6) is -1.23. The molecule has 0 saturated heterocycles. The van der Waals surface area contributed by atoms with Crippen molar-refractivity contribution in [2.45, 2.75) is 32.2 Å². The molecule has 4 nitrogen and oxygen atoms in total. The highest BCUT2D eigenvalue weighted by atomic mass is 19.4. The first-order valence-electron chi connectivity index (χ1n) is 8.83. The average molecular weight is 430 g/mol. The maximum absolute atomic E-state index is 13.0. The first-order valence-corrected chi connectivity index (χ1v) is 8.83. The minimum Gasteiger partial charge on any atom is -0.338 e. The van der Waals surface area contributed by atoms with Gasteiger partial charge in [0.1, 0.15) is 0 Å². The van der Waals surface area contributed by atoms with Crippen molar-refractivity contribution in [1.29, 1.82) is 0 Å². The summed E-state index contributed by atoms with van der Waals surface area (Å²) in [5, 5.41) is 2.33.